The van der Waals surface area contributed by atoms with Gasteiger partial charge in [-0.1, -0.05) is 65.2 Å². The molecule has 0 radical (unpaired) electrons. The third-order valence-electron chi connectivity index (χ3n) is 12.6. The maximum Gasteiger partial charge on any atom is 0.334 e. The second-order valence-corrected chi connectivity index (χ2v) is 16.1. The summed E-state index contributed by atoms with van der Waals surface area (Å²) >= 11 is 0. The van der Waals surface area contributed by atoms with E-state index in [2.05, 4.69) is 13.8 Å². The molecule has 2 heterocycles. The van der Waals surface area contributed by atoms with E-state index in [-0.39, 0.29) is 11.0 Å². The highest BCUT2D eigenvalue weighted by molar-refractivity contribution is 5.86. The molecule has 4 bridgehead atoms. The van der Waals surface area contributed by atoms with E-state index in [4.69, 9.17) is 18.9 Å². The molecule has 2 atom stereocenters. The molecule has 44 heavy (non-hydrogen) atoms. The molecule has 6 fully saturated rings. The van der Waals surface area contributed by atoms with Crippen LogP contribution in [0.15, 0.2) is 11.3 Å². The third kappa shape index (κ3) is 8.05. The summed E-state index contributed by atoms with van der Waals surface area (Å²) in [5.74, 6) is 1.23. The van der Waals surface area contributed by atoms with Crippen LogP contribution in [-0.4, -0.2) is 56.3 Å². The Kier molecular flexibility index (Phi) is 11.8. The van der Waals surface area contributed by atoms with Gasteiger partial charge in [0.1, 0.15) is 5.76 Å². The Bertz CT molecular complexity index is 937. The van der Waals surface area contributed by atoms with E-state index in [0.717, 1.165) is 90.2 Å². The summed E-state index contributed by atoms with van der Waals surface area (Å²) in [6.45, 7) is 11.7. The number of ether oxygens (including phenoxy) is 4. The Morgan fingerprint density at radius 2 is 1.23 bits per heavy atom. The Morgan fingerprint density at radius 3 is 1.70 bits per heavy atom. The summed E-state index contributed by atoms with van der Waals surface area (Å²) < 4.78 is 24.3. The predicted octanol–water partition coefficient (Wildman–Crippen LogP) is 9.25. The summed E-state index contributed by atoms with van der Waals surface area (Å²) in [5, 5.41) is 10.1. The van der Waals surface area contributed by atoms with Crippen LogP contribution >= 0.6 is 0 Å². The minimum atomic E-state index is -0.828. The molecule has 252 valence electrons. The molecule has 6 aliphatic rings. The van der Waals surface area contributed by atoms with Crippen molar-refractivity contribution in [3.63, 3.8) is 0 Å². The molecule has 4 saturated carbocycles. The number of carboxylic acid groups (broad SMARTS) is 1. The van der Waals surface area contributed by atoms with E-state index < -0.39 is 5.97 Å². The summed E-state index contributed by atoms with van der Waals surface area (Å²) in [5.41, 5.74) is 1.12. The molecule has 2 saturated heterocycles. The molecular formula is C38H64O6. The molecule has 6 heteroatoms. The average Bonchev–Trinajstić information content (AvgIpc) is 2.94. The first-order valence-electron chi connectivity index (χ1n) is 18.6. The largest absolute Gasteiger partial charge is 0.497 e. The van der Waals surface area contributed by atoms with Crippen LogP contribution in [0.2, 0.25) is 0 Å². The van der Waals surface area contributed by atoms with Crippen molar-refractivity contribution in [1.82, 2.24) is 0 Å². The Balaban J connectivity index is 1.06. The fourth-order valence-electron chi connectivity index (χ4n) is 9.93. The number of carbonyl (C=O) groups is 1. The van der Waals surface area contributed by atoms with Crippen molar-refractivity contribution >= 4 is 5.97 Å². The van der Waals surface area contributed by atoms with Crippen molar-refractivity contribution in [2.24, 2.45) is 28.1 Å². The monoisotopic (exact) mass is 616 g/mol. The van der Waals surface area contributed by atoms with E-state index in [1.54, 1.807) is 6.92 Å². The van der Waals surface area contributed by atoms with Crippen molar-refractivity contribution in [2.75, 3.05) is 39.6 Å². The average molecular weight is 617 g/mol. The molecular weight excluding hydrogens is 552 g/mol. The van der Waals surface area contributed by atoms with Gasteiger partial charge in [0.15, 0.2) is 0 Å². The number of carboxylic acids is 1. The van der Waals surface area contributed by atoms with Crippen LogP contribution in [0.3, 0.4) is 0 Å². The number of hydrogen-bond donors (Lipinski definition) is 1. The molecule has 2 unspecified atom stereocenters. The zero-order chi connectivity index (χ0) is 31.1. The van der Waals surface area contributed by atoms with Crippen LogP contribution in [0.1, 0.15) is 149 Å². The van der Waals surface area contributed by atoms with Gasteiger partial charge in [0.05, 0.1) is 44.2 Å². The first-order chi connectivity index (χ1) is 21.3. The lowest BCUT2D eigenvalue weighted by Crippen LogP contribution is -2.57. The third-order valence-corrected chi connectivity index (χ3v) is 12.6. The van der Waals surface area contributed by atoms with Crippen LogP contribution in [0.25, 0.3) is 0 Å². The fraction of sp³-hybridized carbons (Fsp3) is 0.921. The van der Waals surface area contributed by atoms with Gasteiger partial charge < -0.3 is 24.1 Å². The van der Waals surface area contributed by atoms with Crippen molar-refractivity contribution in [3.8, 4) is 0 Å². The van der Waals surface area contributed by atoms with Crippen LogP contribution in [0.4, 0.5) is 0 Å². The van der Waals surface area contributed by atoms with E-state index in [0.29, 0.717) is 34.8 Å². The van der Waals surface area contributed by atoms with Gasteiger partial charge in [0.25, 0.3) is 0 Å². The predicted molar refractivity (Wildman–Crippen MR) is 175 cm³/mol. The molecule has 4 aliphatic carbocycles. The fourth-order valence-corrected chi connectivity index (χ4v) is 9.93. The van der Waals surface area contributed by atoms with Gasteiger partial charge in [-0.05, 0) is 95.8 Å². The highest BCUT2D eigenvalue weighted by atomic mass is 16.5. The quantitative estimate of drug-likeness (QED) is 0.0742. The lowest BCUT2D eigenvalue weighted by Gasteiger charge is -2.62. The number of rotatable bonds is 22. The van der Waals surface area contributed by atoms with Crippen molar-refractivity contribution in [1.29, 1.82) is 0 Å². The number of unbranched alkanes of at least 4 members (excludes halogenated alkanes) is 8. The normalized spacial score (nSPS) is 31.7. The number of hydrogen-bond acceptors (Lipinski definition) is 5. The standard InChI is InChI=1S/C38H64O6/c1-4-35(26-41-27-35)16-12-8-6-10-14-18-43-33(30(3)34(39)40)37-21-31-20-32(22-37)24-38(23-31,25-37)44-19-15-11-7-9-13-17-36(5-2)28-42-29-36/h31-32H,4-29H2,1-3H3,(H,39,40). The van der Waals surface area contributed by atoms with Gasteiger partial charge in [-0.3, -0.25) is 0 Å². The van der Waals surface area contributed by atoms with Gasteiger partial charge in [-0.2, -0.15) is 0 Å². The summed E-state index contributed by atoms with van der Waals surface area (Å²) in [7, 11) is 0. The highest BCUT2D eigenvalue weighted by Gasteiger charge is 2.60. The van der Waals surface area contributed by atoms with Crippen molar-refractivity contribution in [2.45, 2.75) is 155 Å². The summed E-state index contributed by atoms with van der Waals surface area (Å²) in [6.07, 6.45) is 24.0. The maximum atomic E-state index is 12.3. The highest BCUT2D eigenvalue weighted by Crippen LogP contribution is 2.65. The van der Waals surface area contributed by atoms with Crippen LogP contribution < -0.4 is 0 Å². The molecule has 0 amide bonds. The van der Waals surface area contributed by atoms with Crippen molar-refractivity contribution in [3.05, 3.63) is 11.3 Å². The molecule has 0 aromatic heterocycles. The lowest BCUT2D eigenvalue weighted by atomic mass is 9.47. The molecule has 1 N–H and O–H groups in total. The summed E-state index contributed by atoms with van der Waals surface area (Å²) in [6, 6.07) is 0. The molecule has 0 spiro atoms. The van der Waals surface area contributed by atoms with E-state index >= 15 is 0 Å². The SMILES string of the molecule is CCC1(CCCCCCCOC(=C(C)C(=O)O)C23CC4CC(CC(OCCCCCCCC5(CC)COC5)(C4)C2)C3)COC1. The van der Waals surface area contributed by atoms with Gasteiger partial charge in [-0.15, -0.1) is 0 Å². The zero-order valence-electron chi connectivity index (χ0n) is 28.5. The molecule has 6 rings (SSSR count). The Labute approximate surface area is 268 Å². The molecule has 0 aromatic rings. The smallest absolute Gasteiger partial charge is 0.334 e. The van der Waals surface area contributed by atoms with Gasteiger partial charge in [0, 0.05) is 22.9 Å². The van der Waals surface area contributed by atoms with Gasteiger partial charge in [0.2, 0.25) is 0 Å². The van der Waals surface area contributed by atoms with Crippen molar-refractivity contribution < 1.29 is 28.8 Å². The van der Waals surface area contributed by atoms with Gasteiger partial charge in [-0.25, -0.2) is 4.79 Å². The van der Waals surface area contributed by atoms with E-state index in [1.807, 2.05) is 0 Å². The molecule has 0 aromatic carbocycles. The minimum Gasteiger partial charge on any atom is -0.497 e. The van der Waals surface area contributed by atoms with Crippen LogP contribution in [0, 0.1) is 28.1 Å². The van der Waals surface area contributed by atoms with E-state index in [1.165, 1.54) is 77.0 Å². The minimum absolute atomic E-state index is 0.0868. The zero-order valence-corrected chi connectivity index (χ0v) is 28.5. The Hall–Kier alpha value is -1.11. The van der Waals surface area contributed by atoms with E-state index in [9.17, 15) is 9.90 Å². The van der Waals surface area contributed by atoms with Crippen LogP contribution in [-0.2, 0) is 23.7 Å². The lowest BCUT2D eigenvalue weighted by molar-refractivity contribution is -0.193. The maximum absolute atomic E-state index is 12.3. The Morgan fingerprint density at radius 1 is 0.727 bits per heavy atom. The first-order valence-corrected chi connectivity index (χ1v) is 18.6. The first kappa shape index (κ1) is 34.2. The molecule has 2 aliphatic heterocycles. The van der Waals surface area contributed by atoms with Gasteiger partial charge >= 0.3 is 5.97 Å². The second-order valence-electron chi connectivity index (χ2n) is 16.1. The topological polar surface area (TPSA) is 74.2 Å². The van der Waals surface area contributed by atoms with Crippen LogP contribution in [0.5, 0.6) is 0 Å². The number of aliphatic carboxylic acids is 1. The summed E-state index contributed by atoms with van der Waals surface area (Å²) in [4.78, 5) is 12.3. The molecule has 6 nitrogen and oxygen atoms in total. The number of allylic oxidation sites excluding steroid dienone is 1. The second kappa shape index (κ2) is 15.2.